The van der Waals surface area contributed by atoms with Gasteiger partial charge in [0.25, 0.3) is 0 Å². The van der Waals surface area contributed by atoms with E-state index in [4.69, 9.17) is 18.0 Å². The van der Waals surface area contributed by atoms with Crippen molar-refractivity contribution >= 4 is 17.2 Å². The highest BCUT2D eigenvalue weighted by atomic mass is 32.1. The van der Waals surface area contributed by atoms with Gasteiger partial charge in [-0.15, -0.1) is 0 Å². The molecule has 0 bridgehead atoms. The van der Waals surface area contributed by atoms with E-state index < -0.39 is 0 Å². The summed E-state index contributed by atoms with van der Waals surface area (Å²) in [5.41, 5.74) is 8.00. The molecule has 2 N–H and O–H groups in total. The van der Waals surface area contributed by atoms with Crippen LogP contribution in [-0.4, -0.2) is 4.99 Å². The second kappa shape index (κ2) is 4.75. The van der Waals surface area contributed by atoms with Crippen molar-refractivity contribution in [3.63, 3.8) is 0 Å². The van der Waals surface area contributed by atoms with Crippen molar-refractivity contribution in [3.8, 4) is 0 Å². The van der Waals surface area contributed by atoms with E-state index in [0.29, 0.717) is 4.99 Å². The number of nitrogens with two attached hydrogens (primary N) is 1. The Morgan fingerprint density at radius 3 is 2.20 bits per heavy atom. The zero-order valence-electron chi connectivity index (χ0n) is 8.91. The van der Waals surface area contributed by atoms with Gasteiger partial charge in [0.15, 0.2) is 0 Å². The van der Waals surface area contributed by atoms with Gasteiger partial charge in [0.1, 0.15) is 4.99 Å². The van der Waals surface area contributed by atoms with Gasteiger partial charge in [-0.2, -0.15) is 0 Å². The number of hydrogen-bond donors (Lipinski definition) is 1. The summed E-state index contributed by atoms with van der Waals surface area (Å²) in [7, 11) is 0. The fourth-order valence-electron chi connectivity index (χ4n) is 2.36. The molecular formula is C13H17NS. The molecule has 1 fully saturated rings. The van der Waals surface area contributed by atoms with E-state index in [0.717, 1.165) is 11.5 Å². The summed E-state index contributed by atoms with van der Waals surface area (Å²) in [6, 6.07) is 8.47. The van der Waals surface area contributed by atoms with Crippen molar-refractivity contribution in [1.82, 2.24) is 0 Å². The van der Waals surface area contributed by atoms with Gasteiger partial charge in [-0.1, -0.05) is 55.7 Å². The molecule has 80 valence electrons. The van der Waals surface area contributed by atoms with Crippen LogP contribution < -0.4 is 5.73 Å². The molecule has 0 saturated heterocycles. The van der Waals surface area contributed by atoms with E-state index in [9.17, 15) is 0 Å². The Labute approximate surface area is 96.7 Å². The molecule has 0 spiro atoms. The predicted octanol–water partition coefficient (Wildman–Crippen LogP) is 3.37. The van der Waals surface area contributed by atoms with Crippen LogP contribution in [-0.2, 0) is 0 Å². The van der Waals surface area contributed by atoms with Crippen LogP contribution in [0.1, 0.15) is 49.1 Å². The van der Waals surface area contributed by atoms with Gasteiger partial charge >= 0.3 is 0 Å². The van der Waals surface area contributed by atoms with E-state index in [2.05, 4.69) is 12.1 Å². The van der Waals surface area contributed by atoms with Gasteiger partial charge in [-0.25, -0.2) is 0 Å². The molecule has 0 amide bonds. The maximum atomic E-state index is 5.57. The summed E-state index contributed by atoms with van der Waals surface area (Å²) in [5, 5.41) is 0. The third-order valence-electron chi connectivity index (χ3n) is 3.27. The second-order valence-electron chi connectivity index (χ2n) is 4.32. The third kappa shape index (κ3) is 2.57. The van der Waals surface area contributed by atoms with Crippen LogP contribution in [0.4, 0.5) is 0 Å². The quantitative estimate of drug-likeness (QED) is 0.772. The first kappa shape index (κ1) is 10.6. The molecule has 0 aliphatic heterocycles. The molecule has 1 aliphatic carbocycles. The minimum atomic E-state index is 0.491. The number of thiocarbonyl (C=S) groups is 1. The summed E-state index contributed by atoms with van der Waals surface area (Å²) in [4.78, 5) is 0.491. The van der Waals surface area contributed by atoms with Crippen molar-refractivity contribution in [2.45, 2.75) is 38.0 Å². The predicted molar refractivity (Wildman–Crippen MR) is 68.2 cm³/mol. The summed E-state index contributed by atoms with van der Waals surface area (Å²) in [6.45, 7) is 0. The molecular weight excluding hydrogens is 202 g/mol. The molecule has 15 heavy (non-hydrogen) atoms. The molecule has 2 rings (SSSR count). The Morgan fingerprint density at radius 2 is 1.67 bits per heavy atom. The first-order chi connectivity index (χ1) is 7.27. The Bertz CT molecular complexity index is 336. The molecule has 0 heterocycles. The highest BCUT2D eigenvalue weighted by molar-refractivity contribution is 7.80. The maximum Gasteiger partial charge on any atom is 0.103 e. The van der Waals surface area contributed by atoms with Crippen molar-refractivity contribution in [1.29, 1.82) is 0 Å². The average Bonchev–Trinajstić information content (AvgIpc) is 2.30. The first-order valence-corrected chi connectivity index (χ1v) is 6.08. The van der Waals surface area contributed by atoms with Crippen molar-refractivity contribution in [2.24, 2.45) is 5.73 Å². The second-order valence-corrected chi connectivity index (χ2v) is 4.76. The molecule has 2 heteroatoms. The molecule has 1 aromatic carbocycles. The topological polar surface area (TPSA) is 26.0 Å². The lowest BCUT2D eigenvalue weighted by Gasteiger charge is -2.22. The zero-order chi connectivity index (χ0) is 10.7. The molecule has 0 unspecified atom stereocenters. The fraction of sp³-hybridized carbons (Fsp3) is 0.462. The Hall–Kier alpha value is -0.890. The van der Waals surface area contributed by atoms with Gasteiger partial charge in [0.2, 0.25) is 0 Å². The third-order valence-corrected chi connectivity index (χ3v) is 3.51. The lowest BCUT2D eigenvalue weighted by atomic mass is 9.84. The minimum Gasteiger partial charge on any atom is -0.389 e. The van der Waals surface area contributed by atoms with Crippen LogP contribution in [0.25, 0.3) is 0 Å². The van der Waals surface area contributed by atoms with Crippen LogP contribution in [0.2, 0.25) is 0 Å². The van der Waals surface area contributed by atoms with E-state index in [-0.39, 0.29) is 0 Å². The van der Waals surface area contributed by atoms with Crippen LogP contribution in [0.15, 0.2) is 24.3 Å². The first-order valence-electron chi connectivity index (χ1n) is 5.67. The lowest BCUT2D eigenvalue weighted by Crippen LogP contribution is -2.10. The monoisotopic (exact) mass is 219 g/mol. The Morgan fingerprint density at radius 1 is 1.07 bits per heavy atom. The molecule has 0 atom stereocenters. The Balaban J connectivity index is 2.11. The summed E-state index contributed by atoms with van der Waals surface area (Å²) >= 11 is 4.94. The summed E-state index contributed by atoms with van der Waals surface area (Å²) < 4.78 is 0. The number of rotatable bonds is 2. The van der Waals surface area contributed by atoms with Gasteiger partial charge in [-0.05, 0) is 24.3 Å². The number of benzene rings is 1. The normalized spacial score (nSPS) is 17.6. The van der Waals surface area contributed by atoms with Crippen molar-refractivity contribution in [3.05, 3.63) is 35.4 Å². The van der Waals surface area contributed by atoms with E-state index >= 15 is 0 Å². The summed E-state index contributed by atoms with van der Waals surface area (Å²) in [6.07, 6.45) is 6.84. The smallest absolute Gasteiger partial charge is 0.103 e. The molecule has 0 radical (unpaired) electrons. The lowest BCUT2D eigenvalue weighted by molar-refractivity contribution is 0.443. The molecule has 1 nitrogen and oxygen atoms in total. The average molecular weight is 219 g/mol. The molecule has 1 saturated carbocycles. The van der Waals surface area contributed by atoms with Gasteiger partial charge in [0, 0.05) is 5.56 Å². The van der Waals surface area contributed by atoms with Crippen LogP contribution in [0, 0.1) is 0 Å². The maximum absolute atomic E-state index is 5.57. The minimum absolute atomic E-state index is 0.491. The van der Waals surface area contributed by atoms with Crippen LogP contribution in [0.5, 0.6) is 0 Å². The largest absolute Gasteiger partial charge is 0.389 e. The molecule has 1 aromatic rings. The van der Waals surface area contributed by atoms with Crippen molar-refractivity contribution < 1.29 is 0 Å². The van der Waals surface area contributed by atoms with Gasteiger partial charge < -0.3 is 5.73 Å². The molecule has 1 aliphatic rings. The van der Waals surface area contributed by atoms with Gasteiger partial charge in [-0.3, -0.25) is 0 Å². The van der Waals surface area contributed by atoms with Crippen molar-refractivity contribution in [2.75, 3.05) is 0 Å². The van der Waals surface area contributed by atoms with E-state index in [1.54, 1.807) is 0 Å². The van der Waals surface area contributed by atoms with Gasteiger partial charge in [0.05, 0.1) is 0 Å². The number of hydrogen-bond acceptors (Lipinski definition) is 1. The SMILES string of the molecule is NC(=S)c1ccc(C2CCCCC2)cc1. The highest BCUT2D eigenvalue weighted by Crippen LogP contribution is 2.32. The van der Waals surface area contributed by atoms with Crippen LogP contribution >= 0.6 is 12.2 Å². The standard InChI is InChI=1S/C13H17NS/c14-13(15)12-8-6-11(7-9-12)10-4-2-1-3-5-10/h6-10H,1-5H2,(H2,14,15). The fourth-order valence-corrected chi connectivity index (χ4v) is 2.49. The van der Waals surface area contributed by atoms with E-state index in [1.807, 2.05) is 12.1 Å². The van der Waals surface area contributed by atoms with E-state index in [1.165, 1.54) is 37.7 Å². The Kier molecular flexibility index (Phi) is 3.37. The highest BCUT2D eigenvalue weighted by Gasteiger charge is 2.14. The van der Waals surface area contributed by atoms with Crippen LogP contribution in [0.3, 0.4) is 0 Å². The zero-order valence-corrected chi connectivity index (χ0v) is 9.72. The summed E-state index contributed by atoms with van der Waals surface area (Å²) in [5.74, 6) is 0.763. The molecule has 0 aromatic heterocycles.